The van der Waals surface area contributed by atoms with Crippen LogP contribution in [0.5, 0.6) is 0 Å². The number of esters is 1. The lowest BCUT2D eigenvalue weighted by molar-refractivity contribution is -0.141. The van der Waals surface area contributed by atoms with Gasteiger partial charge in [0, 0.05) is 11.8 Å². The standard InChI is InChI=1S/C25H46N2O8Si2/c1-16-13-27(23(31)26(21(16)30)14-18(28)32-8)22-20(35-37(11,12)25(5,6)7)19(29)17(34-22)15-33-36(9,10)24(2,3)4/h13,17,19-20,22,29H,14-15H2,1-12H3/t17-,19-,20-,22-/m1/s1. The molecule has 4 atom stereocenters. The summed E-state index contributed by atoms with van der Waals surface area (Å²) >= 11 is 0. The molecule has 0 saturated carbocycles. The van der Waals surface area contributed by atoms with Gasteiger partial charge in [-0.2, -0.15) is 0 Å². The van der Waals surface area contributed by atoms with E-state index < -0.39 is 64.9 Å². The minimum Gasteiger partial charge on any atom is -0.468 e. The highest BCUT2D eigenvalue weighted by molar-refractivity contribution is 6.74. The molecule has 1 fully saturated rings. The summed E-state index contributed by atoms with van der Waals surface area (Å²) in [5.74, 6) is -0.724. The van der Waals surface area contributed by atoms with Gasteiger partial charge in [0.1, 0.15) is 24.9 Å². The summed E-state index contributed by atoms with van der Waals surface area (Å²) in [6.07, 6.45) is -2.32. The average Bonchev–Trinajstić information content (AvgIpc) is 3.05. The van der Waals surface area contributed by atoms with Crippen LogP contribution in [0.2, 0.25) is 36.3 Å². The smallest absolute Gasteiger partial charge is 0.333 e. The van der Waals surface area contributed by atoms with Crippen molar-refractivity contribution in [1.82, 2.24) is 9.13 Å². The van der Waals surface area contributed by atoms with Gasteiger partial charge in [-0.15, -0.1) is 0 Å². The Kier molecular flexibility index (Phi) is 9.31. The molecule has 0 spiro atoms. The number of carbonyl (C=O) groups is 1. The molecule has 1 N–H and O–H groups in total. The summed E-state index contributed by atoms with van der Waals surface area (Å²) in [5.41, 5.74) is -1.09. The van der Waals surface area contributed by atoms with Crippen LogP contribution in [0.15, 0.2) is 15.8 Å². The number of aromatic nitrogens is 2. The molecule has 0 radical (unpaired) electrons. The zero-order chi connectivity index (χ0) is 28.7. The van der Waals surface area contributed by atoms with E-state index in [0.717, 1.165) is 4.57 Å². The molecule has 1 aliphatic rings. The van der Waals surface area contributed by atoms with E-state index in [0.29, 0.717) is 0 Å². The molecule has 0 aromatic carbocycles. The number of carbonyl (C=O) groups excluding carboxylic acids is 1. The second-order valence-corrected chi connectivity index (χ2v) is 22.5. The number of aliphatic hydroxyl groups excluding tert-OH is 1. The fraction of sp³-hybridized carbons (Fsp3) is 0.800. The molecular weight excluding hydrogens is 512 g/mol. The predicted octanol–water partition coefficient (Wildman–Crippen LogP) is 3.16. The monoisotopic (exact) mass is 558 g/mol. The topological polar surface area (TPSA) is 118 Å². The first-order chi connectivity index (χ1) is 16.6. The Hall–Kier alpha value is -1.58. The summed E-state index contributed by atoms with van der Waals surface area (Å²) in [5, 5.41) is 11.2. The van der Waals surface area contributed by atoms with Crippen molar-refractivity contribution in [3.05, 3.63) is 32.6 Å². The van der Waals surface area contributed by atoms with Crippen molar-refractivity contribution in [3.8, 4) is 0 Å². The lowest BCUT2D eigenvalue weighted by atomic mass is 10.1. The molecular formula is C25H46N2O8Si2. The Morgan fingerprint density at radius 3 is 2.08 bits per heavy atom. The summed E-state index contributed by atoms with van der Waals surface area (Å²) in [7, 11) is -3.38. The maximum Gasteiger partial charge on any atom is 0.333 e. The summed E-state index contributed by atoms with van der Waals surface area (Å²) in [6.45, 7) is 22.2. The highest BCUT2D eigenvalue weighted by Gasteiger charge is 2.51. The Balaban J connectivity index is 2.57. The van der Waals surface area contributed by atoms with E-state index in [9.17, 15) is 19.5 Å². The van der Waals surface area contributed by atoms with E-state index in [2.05, 4.69) is 72.5 Å². The van der Waals surface area contributed by atoms with Crippen molar-refractivity contribution < 1.29 is 28.2 Å². The van der Waals surface area contributed by atoms with Crippen LogP contribution in [0.4, 0.5) is 0 Å². The van der Waals surface area contributed by atoms with Crippen LogP contribution in [-0.4, -0.2) is 68.9 Å². The molecule has 0 bridgehead atoms. The molecule has 2 heterocycles. The third-order valence-corrected chi connectivity index (χ3v) is 17.1. The summed E-state index contributed by atoms with van der Waals surface area (Å²) in [4.78, 5) is 38.1. The molecule has 0 unspecified atom stereocenters. The lowest BCUT2D eigenvalue weighted by Crippen LogP contribution is -2.51. The number of hydrogen-bond donors (Lipinski definition) is 1. The third-order valence-electron chi connectivity index (χ3n) is 8.12. The van der Waals surface area contributed by atoms with Gasteiger partial charge >= 0.3 is 11.7 Å². The second-order valence-electron chi connectivity index (χ2n) is 12.9. The maximum atomic E-state index is 13.4. The Labute approximate surface area is 222 Å². The van der Waals surface area contributed by atoms with E-state index in [4.69, 9.17) is 13.6 Å². The molecule has 1 aromatic heterocycles. The molecule has 10 nitrogen and oxygen atoms in total. The van der Waals surface area contributed by atoms with Crippen LogP contribution < -0.4 is 11.2 Å². The highest BCUT2D eigenvalue weighted by atomic mass is 28.4. The van der Waals surface area contributed by atoms with E-state index in [1.807, 2.05) is 0 Å². The normalized spacial score (nSPS) is 23.4. The molecule has 212 valence electrons. The van der Waals surface area contributed by atoms with Gasteiger partial charge in [0.05, 0.1) is 13.7 Å². The molecule has 37 heavy (non-hydrogen) atoms. The average molecular weight is 559 g/mol. The Morgan fingerprint density at radius 1 is 1.05 bits per heavy atom. The van der Waals surface area contributed by atoms with E-state index in [1.54, 1.807) is 6.92 Å². The van der Waals surface area contributed by atoms with Crippen LogP contribution in [0.25, 0.3) is 0 Å². The van der Waals surface area contributed by atoms with Crippen molar-refractivity contribution in [2.24, 2.45) is 0 Å². The van der Waals surface area contributed by atoms with Gasteiger partial charge in [-0.3, -0.25) is 14.2 Å². The van der Waals surface area contributed by atoms with Gasteiger partial charge in [0.2, 0.25) is 0 Å². The van der Waals surface area contributed by atoms with E-state index >= 15 is 0 Å². The number of rotatable bonds is 8. The molecule has 0 aliphatic carbocycles. The highest BCUT2D eigenvalue weighted by Crippen LogP contribution is 2.42. The maximum absolute atomic E-state index is 13.4. The van der Waals surface area contributed by atoms with Crippen molar-refractivity contribution in [2.45, 2.75) is 116 Å². The second kappa shape index (κ2) is 10.9. The predicted molar refractivity (Wildman–Crippen MR) is 147 cm³/mol. The number of methoxy groups -OCH3 is 1. The van der Waals surface area contributed by atoms with Gasteiger partial charge in [0.15, 0.2) is 22.9 Å². The first kappa shape index (κ1) is 31.6. The van der Waals surface area contributed by atoms with Crippen LogP contribution >= 0.6 is 0 Å². The van der Waals surface area contributed by atoms with Gasteiger partial charge in [-0.05, 0) is 43.2 Å². The fourth-order valence-electron chi connectivity index (χ4n) is 3.50. The van der Waals surface area contributed by atoms with Crippen molar-refractivity contribution in [3.63, 3.8) is 0 Å². The zero-order valence-electron chi connectivity index (χ0n) is 24.5. The summed E-state index contributed by atoms with van der Waals surface area (Å²) in [6, 6.07) is 0. The number of hydrogen-bond acceptors (Lipinski definition) is 8. The lowest BCUT2D eigenvalue weighted by Gasteiger charge is -2.40. The quantitative estimate of drug-likeness (QED) is 0.382. The number of nitrogens with zero attached hydrogens (tertiary/aromatic N) is 2. The van der Waals surface area contributed by atoms with Crippen LogP contribution in [-0.2, 0) is 29.7 Å². The fourth-order valence-corrected chi connectivity index (χ4v) is 5.81. The molecule has 0 amide bonds. The Bertz CT molecular complexity index is 1100. The van der Waals surface area contributed by atoms with Crippen LogP contribution in [0, 0.1) is 6.92 Å². The van der Waals surface area contributed by atoms with Gasteiger partial charge < -0.3 is 23.4 Å². The molecule has 1 saturated heterocycles. The van der Waals surface area contributed by atoms with Crippen LogP contribution in [0.3, 0.4) is 0 Å². The molecule has 1 aromatic rings. The van der Waals surface area contributed by atoms with Crippen molar-refractivity contribution in [2.75, 3.05) is 13.7 Å². The Morgan fingerprint density at radius 2 is 1.59 bits per heavy atom. The molecule has 2 rings (SSSR count). The first-order valence-electron chi connectivity index (χ1n) is 12.7. The zero-order valence-corrected chi connectivity index (χ0v) is 26.5. The third kappa shape index (κ3) is 6.71. The van der Waals surface area contributed by atoms with Gasteiger partial charge in [-0.1, -0.05) is 41.5 Å². The number of aryl methyl sites for hydroxylation is 1. The summed E-state index contributed by atoms with van der Waals surface area (Å²) < 4.78 is 26.0. The molecule has 1 aliphatic heterocycles. The van der Waals surface area contributed by atoms with Crippen molar-refractivity contribution in [1.29, 1.82) is 0 Å². The first-order valence-corrected chi connectivity index (χ1v) is 18.5. The largest absolute Gasteiger partial charge is 0.468 e. The van der Waals surface area contributed by atoms with Gasteiger partial charge in [0.25, 0.3) is 5.56 Å². The number of ether oxygens (including phenoxy) is 2. The minimum absolute atomic E-state index is 0.0373. The van der Waals surface area contributed by atoms with Crippen LogP contribution in [0.1, 0.15) is 53.3 Å². The van der Waals surface area contributed by atoms with Gasteiger partial charge in [-0.25, -0.2) is 9.36 Å². The molecule has 12 heteroatoms. The van der Waals surface area contributed by atoms with Crippen molar-refractivity contribution >= 4 is 22.6 Å². The number of aliphatic hydroxyl groups is 1. The van der Waals surface area contributed by atoms with E-state index in [1.165, 1.54) is 17.9 Å². The minimum atomic E-state index is -2.42. The SMILES string of the molecule is COC(=O)Cn1c(=O)c(C)cn([C@@H]2O[C@H](CO[Si](C)(C)C(C)(C)C)[C@@H](O)[C@H]2O[Si](C)(C)C(C)(C)C)c1=O. The van der Waals surface area contributed by atoms with E-state index in [-0.39, 0.29) is 22.2 Å².